The first-order valence-electron chi connectivity index (χ1n) is 6.44. The van der Waals surface area contributed by atoms with E-state index in [1.807, 2.05) is 19.9 Å². The summed E-state index contributed by atoms with van der Waals surface area (Å²) in [6, 6.07) is 8.66. The smallest absolute Gasteiger partial charge is 0.274 e. The molecule has 2 rings (SSSR count). The lowest BCUT2D eigenvalue weighted by Crippen LogP contribution is -2.15. The highest BCUT2D eigenvalue weighted by molar-refractivity contribution is 6.36. The van der Waals surface area contributed by atoms with Crippen molar-refractivity contribution in [1.29, 1.82) is 0 Å². The zero-order chi connectivity index (χ0) is 15.4. The van der Waals surface area contributed by atoms with E-state index in [4.69, 9.17) is 23.2 Å². The Balaban J connectivity index is 2.16. The molecule has 0 radical (unpaired) electrons. The van der Waals surface area contributed by atoms with Gasteiger partial charge in [0.05, 0.1) is 10.7 Å². The van der Waals surface area contributed by atoms with Crippen LogP contribution in [-0.4, -0.2) is 16.9 Å². The van der Waals surface area contributed by atoms with Crippen LogP contribution in [0.5, 0.6) is 0 Å². The molecule has 0 aliphatic carbocycles. The van der Waals surface area contributed by atoms with Crippen molar-refractivity contribution in [3.8, 4) is 0 Å². The van der Waals surface area contributed by atoms with Crippen LogP contribution >= 0.6 is 23.2 Å². The number of hydrogen-bond donors (Lipinski definition) is 2. The number of carbonyl (C=O) groups is 1. The van der Waals surface area contributed by atoms with Crippen LogP contribution in [0, 0.1) is 0 Å². The molecule has 0 aliphatic rings. The van der Waals surface area contributed by atoms with Crippen molar-refractivity contribution in [2.75, 3.05) is 10.6 Å². The van der Waals surface area contributed by atoms with E-state index in [0.717, 1.165) is 5.69 Å². The van der Waals surface area contributed by atoms with Gasteiger partial charge < -0.3 is 10.6 Å². The van der Waals surface area contributed by atoms with Gasteiger partial charge in [0.1, 0.15) is 5.69 Å². The number of carbonyl (C=O) groups excluding carboxylic acids is 1. The first-order valence-corrected chi connectivity index (χ1v) is 7.20. The second-order valence-corrected chi connectivity index (χ2v) is 5.65. The predicted octanol–water partition coefficient (Wildman–Crippen LogP) is 4.46. The average molecular weight is 324 g/mol. The summed E-state index contributed by atoms with van der Waals surface area (Å²) in [4.78, 5) is 16.3. The second kappa shape index (κ2) is 6.78. The molecule has 0 spiro atoms. The average Bonchev–Trinajstić information content (AvgIpc) is 2.41. The van der Waals surface area contributed by atoms with E-state index in [2.05, 4.69) is 15.6 Å². The number of rotatable bonds is 4. The van der Waals surface area contributed by atoms with Crippen LogP contribution in [0.2, 0.25) is 10.0 Å². The van der Waals surface area contributed by atoms with E-state index in [1.54, 1.807) is 30.5 Å². The van der Waals surface area contributed by atoms with E-state index in [9.17, 15) is 4.79 Å². The molecule has 2 N–H and O–H groups in total. The van der Waals surface area contributed by atoms with Crippen molar-refractivity contribution in [2.24, 2.45) is 0 Å². The lowest BCUT2D eigenvalue weighted by molar-refractivity contribution is 0.102. The lowest BCUT2D eigenvalue weighted by atomic mass is 10.2. The summed E-state index contributed by atoms with van der Waals surface area (Å²) in [5.74, 6) is -0.327. The molecule has 2 aromatic rings. The fourth-order valence-corrected chi connectivity index (χ4v) is 2.21. The van der Waals surface area contributed by atoms with Crippen LogP contribution < -0.4 is 10.6 Å². The van der Waals surface area contributed by atoms with Crippen LogP contribution in [0.15, 0.2) is 36.5 Å². The first-order chi connectivity index (χ1) is 9.95. The molecule has 1 aromatic heterocycles. The fourth-order valence-electron chi connectivity index (χ4n) is 1.76. The lowest BCUT2D eigenvalue weighted by Gasteiger charge is -2.11. The van der Waals surface area contributed by atoms with Gasteiger partial charge in [0.2, 0.25) is 0 Å². The van der Waals surface area contributed by atoms with Crippen molar-refractivity contribution in [3.05, 3.63) is 52.3 Å². The number of nitrogens with one attached hydrogen (secondary N) is 2. The molecule has 1 aromatic carbocycles. The standard InChI is InChI=1S/C15H15Cl2N3O/c1-9(2)19-11-5-6-18-14(8-11)15(21)20-13-4-3-10(16)7-12(13)17/h3-9H,1-2H3,(H,18,19)(H,20,21). The zero-order valence-corrected chi connectivity index (χ0v) is 13.2. The quantitative estimate of drug-likeness (QED) is 0.873. The first kappa shape index (κ1) is 15.6. The monoisotopic (exact) mass is 323 g/mol. The van der Waals surface area contributed by atoms with Crippen LogP contribution in [0.3, 0.4) is 0 Å². The Morgan fingerprint density at radius 3 is 2.62 bits per heavy atom. The maximum Gasteiger partial charge on any atom is 0.274 e. The number of benzene rings is 1. The Morgan fingerprint density at radius 1 is 1.19 bits per heavy atom. The van der Waals surface area contributed by atoms with Crippen molar-refractivity contribution >= 4 is 40.5 Å². The highest BCUT2D eigenvalue weighted by atomic mass is 35.5. The van der Waals surface area contributed by atoms with Gasteiger partial charge in [-0.15, -0.1) is 0 Å². The van der Waals surface area contributed by atoms with Crippen LogP contribution in [0.25, 0.3) is 0 Å². The number of halogens is 2. The van der Waals surface area contributed by atoms with Gasteiger partial charge in [0.25, 0.3) is 5.91 Å². The molecule has 21 heavy (non-hydrogen) atoms. The van der Waals surface area contributed by atoms with E-state index in [0.29, 0.717) is 21.4 Å². The highest BCUT2D eigenvalue weighted by Crippen LogP contribution is 2.25. The molecule has 1 amide bonds. The molecular weight excluding hydrogens is 309 g/mol. The summed E-state index contributed by atoms with van der Waals surface area (Å²) in [7, 11) is 0. The largest absolute Gasteiger partial charge is 0.383 e. The van der Waals surface area contributed by atoms with E-state index in [1.165, 1.54) is 0 Å². The second-order valence-electron chi connectivity index (χ2n) is 4.81. The van der Waals surface area contributed by atoms with Gasteiger partial charge in [-0.05, 0) is 44.2 Å². The molecule has 6 heteroatoms. The number of pyridine rings is 1. The Kier molecular flexibility index (Phi) is 5.04. The van der Waals surface area contributed by atoms with Crippen molar-refractivity contribution in [3.63, 3.8) is 0 Å². The summed E-state index contributed by atoms with van der Waals surface area (Å²) in [5.41, 5.74) is 1.65. The topological polar surface area (TPSA) is 54.0 Å². The fraction of sp³-hybridized carbons (Fsp3) is 0.200. The summed E-state index contributed by atoms with van der Waals surface area (Å²) >= 11 is 11.9. The molecule has 0 fully saturated rings. The van der Waals surface area contributed by atoms with E-state index < -0.39 is 0 Å². The molecule has 1 heterocycles. The van der Waals surface area contributed by atoms with Gasteiger partial charge >= 0.3 is 0 Å². The van der Waals surface area contributed by atoms with Gasteiger partial charge in [-0.3, -0.25) is 9.78 Å². The van der Waals surface area contributed by atoms with E-state index in [-0.39, 0.29) is 11.9 Å². The Morgan fingerprint density at radius 2 is 1.95 bits per heavy atom. The highest BCUT2D eigenvalue weighted by Gasteiger charge is 2.11. The number of nitrogens with zero attached hydrogens (tertiary/aromatic N) is 1. The minimum atomic E-state index is -0.327. The Hall–Kier alpha value is -1.78. The van der Waals surface area contributed by atoms with Crippen molar-refractivity contribution in [1.82, 2.24) is 4.98 Å². The zero-order valence-electron chi connectivity index (χ0n) is 11.7. The minimum absolute atomic E-state index is 0.272. The Labute approximate surface area is 133 Å². The number of anilines is 2. The predicted molar refractivity (Wildman–Crippen MR) is 87.4 cm³/mol. The maximum absolute atomic E-state index is 12.2. The van der Waals surface area contributed by atoms with Crippen LogP contribution in [0.1, 0.15) is 24.3 Å². The molecule has 0 aliphatic heterocycles. The van der Waals surface area contributed by atoms with E-state index >= 15 is 0 Å². The number of hydrogen-bond acceptors (Lipinski definition) is 3. The normalized spacial score (nSPS) is 10.5. The maximum atomic E-state index is 12.2. The molecule has 0 bridgehead atoms. The molecular formula is C15H15Cl2N3O. The summed E-state index contributed by atoms with van der Waals surface area (Å²) in [6.45, 7) is 4.04. The third-order valence-corrected chi connectivity index (χ3v) is 3.18. The SMILES string of the molecule is CC(C)Nc1ccnc(C(=O)Nc2ccc(Cl)cc2Cl)c1. The van der Waals surface area contributed by atoms with Crippen LogP contribution in [0.4, 0.5) is 11.4 Å². The van der Waals surface area contributed by atoms with Gasteiger partial charge in [-0.1, -0.05) is 23.2 Å². The third kappa shape index (κ3) is 4.34. The molecule has 0 saturated heterocycles. The van der Waals surface area contributed by atoms with Gasteiger partial charge in [-0.25, -0.2) is 0 Å². The Bertz CT molecular complexity index is 659. The summed E-state index contributed by atoms with van der Waals surface area (Å²) < 4.78 is 0. The van der Waals surface area contributed by atoms with Gasteiger partial charge in [0, 0.05) is 22.9 Å². The summed E-state index contributed by atoms with van der Waals surface area (Å²) in [5, 5.41) is 6.83. The molecule has 0 saturated carbocycles. The molecule has 0 atom stereocenters. The van der Waals surface area contributed by atoms with Crippen molar-refractivity contribution in [2.45, 2.75) is 19.9 Å². The van der Waals surface area contributed by atoms with Gasteiger partial charge in [-0.2, -0.15) is 0 Å². The number of amides is 1. The van der Waals surface area contributed by atoms with Crippen LogP contribution in [-0.2, 0) is 0 Å². The van der Waals surface area contributed by atoms with Crippen molar-refractivity contribution < 1.29 is 4.79 Å². The molecule has 110 valence electrons. The summed E-state index contributed by atoms with van der Waals surface area (Å²) in [6.07, 6.45) is 1.59. The van der Waals surface area contributed by atoms with Gasteiger partial charge in [0.15, 0.2) is 0 Å². The minimum Gasteiger partial charge on any atom is -0.383 e. The molecule has 0 unspecified atom stereocenters. The molecule has 4 nitrogen and oxygen atoms in total. The number of aromatic nitrogens is 1. The third-order valence-electron chi connectivity index (χ3n) is 2.63.